The van der Waals surface area contributed by atoms with Crippen LogP contribution in [0.4, 0.5) is 5.69 Å². The topological polar surface area (TPSA) is 64.9 Å². The number of aryl methyl sites for hydroxylation is 4. The van der Waals surface area contributed by atoms with Crippen molar-refractivity contribution in [1.82, 2.24) is 5.32 Å². The second-order valence-electron chi connectivity index (χ2n) is 7.95. The molecule has 30 heavy (non-hydrogen) atoms. The minimum Gasteiger partial charge on any atom is -0.360 e. The summed E-state index contributed by atoms with van der Waals surface area (Å²) in [5.74, 6) is -0.346. The number of amides is 1. The molecule has 3 rings (SSSR count). The number of hydrogen-bond acceptors (Lipinski definition) is 3. The van der Waals surface area contributed by atoms with Gasteiger partial charge in [0.1, 0.15) is 11.6 Å². The first-order valence-corrected chi connectivity index (χ1v) is 10.9. The van der Waals surface area contributed by atoms with Gasteiger partial charge in [0.25, 0.3) is 5.91 Å². The SMILES string of the molecule is CCc1cccc(C)c1N/C=C(/C#N)C(=O)NC(CC)c1ccc2c(c1)CCCC2. The van der Waals surface area contributed by atoms with Gasteiger partial charge in [0, 0.05) is 11.9 Å². The van der Waals surface area contributed by atoms with Gasteiger partial charge in [-0.15, -0.1) is 0 Å². The molecule has 2 aromatic carbocycles. The van der Waals surface area contributed by atoms with Crippen LogP contribution in [0.2, 0.25) is 0 Å². The predicted molar refractivity (Wildman–Crippen MR) is 122 cm³/mol. The fraction of sp³-hybridized carbons (Fsp3) is 0.385. The monoisotopic (exact) mass is 401 g/mol. The second-order valence-corrected chi connectivity index (χ2v) is 7.95. The molecule has 2 N–H and O–H groups in total. The number of carbonyl (C=O) groups excluding carboxylic acids is 1. The second kappa shape index (κ2) is 10.1. The summed E-state index contributed by atoms with van der Waals surface area (Å²) in [5.41, 5.74) is 7.23. The van der Waals surface area contributed by atoms with Crippen molar-refractivity contribution >= 4 is 11.6 Å². The van der Waals surface area contributed by atoms with Gasteiger partial charge >= 0.3 is 0 Å². The van der Waals surface area contributed by atoms with Crippen molar-refractivity contribution in [1.29, 1.82) is 5.26 Å². The quantitative estimate of drug-likeness (QED) is 0.474. The molecule has 1 amide bonds. The number of nitriles is 1. The Labute approximate surface area is 180 Å². The summed E-state index contributed by atoms with van der Waals surface area (Å²) in [6.45, 7) is 6.16. The first-order chi connectivity index (χ1) is 14.6. The first-order valence-electron chi connectivity index (χ1n) is 10.9. The fourth-order valence-electron chi connectivity index (χ4n) is 4.15. The molecule has 0 bridgehead atoms. The van der Waals surface area contributed by atoms with E-state index in [-0.39, 0.29) is 17.5 Å². The van der Waals surface area contributed by atoms with E-state index in [1.807, 2.05) is 25.1 Å². The highest BCUT2D eigenvalue weighted by Gasteiger charge is 2.18. The number of anilines is 1. The predicted octanol–water partition coefficient (Wildman–Crippen LogP) is 5.52. The van der Waals surface area contributed by atoms with Crippen LogP contribution in [0.1, 0.15) is 67.0 Å². The van der Waals surface area contributed by atoms with Gasteiger partial charge in [-0.25, -0.2) is 0 Å². The molecule has 0 radical (unpaired) electrons. The Morgan fingerprint density at radius 2 is 1.93 bits per heavy atom. The van der Waals surface area contributed by atoms with Crippen molar-refractivity contribution in [2.45, 2.75) is 65.3 Å². The minimum absolute atomic E-state index is 0.0803. The number of carbonyl (C=O) groups is 1. The standard InChI is InChI=1S/C26H31N3O/c1-4-19-12-8-9-18(3)25(19)28-17-23(16-27)26(30)29-24(5-2)22-14-13-20-10-6-7-11-21(20)15-22/h8-9,12-15,17,24,28H,4-7,10-11H2,1-3H3,(H,29,30)/b23-17-. The summed E-state index contributed by atoms with van der Waals surface area (Å²) in [5, 5.41) is 15.8. The van der Waals surface area contributed by atoms with E-state index in [2.05, 4.69) is 48.7 Å². The number of nitrogens with zero attached hydrogens (tertiary/aromatic N) is 1. The largest absolute Gasteiger partial charge is 0.360 e. The fourth-order valence-corrected chi connectivity index (χ4v) is 4.15. The molecule has 1 aliphatic carbocycles. The summed E-state index contributed by atoms with van der Waals surface area (Å²) in [7, 11) is 0. The molecule has 1 aliphatic rings. The maximum atomic E-state index is 12.8. The summed E-state index contributed by atoms with van der Waals surface area (Å²) in [6.07, 6.45) is 7.91. The van der Waals surface area contributed by atoms with E-state index in [1.54, 1.807) is 0 Å². The molecule has 4 nitrogen and oxygen atoms in total. The van der Waals surface area contributed by atoms with Crippen molar-refractivity contribution in [2.24, 2.45) is 0 Å². The maximum Gasteiger partial charge on any atom is 0.263 e. The van der Waals surface area contributed by atoms with Crippen LogP contribution in [0.3, 0.4) is 0 Å². The zero-order valence-corrected chi connectivity index (χ0v) is 18.2. The minimum atomic E-state index is -0.346. The van der Waals surface area contributed by atoms with Gasteiger partial charge in [0.05, 0.1) is 6.04 Å². The smallest absolute Gasteiger partial charge is 0.263 e. The van der Waals surface area contributed by atoms with Crippen molar-refractivity contribution in [3.05, 3.63) is 76.0 Å². The third kappa shape index (κ3) is 4.91. The third-order valence-corrected chi connectivity index (χ3v) is 5.95. The maximum absolute atomic E-state index is 12.8. The average Bonchev–Trinajstić information content (AvgIpc) is 2.78. The summed E-state index contributed by atoms with van der Waals surface area (Å²) >= 11 is 0. The van der Waals surface area contributed by atoms with E-state index in [0.29, 0.717) is 0 Å². The highest BCUT2D eigenvalue weighted by molar-refractivity contribution is 5.97. The Morgan fingerprint density at radius 1 is 1.17 bits per heavy atom. The van der Waals surface area contributed by atoms with Crippen LogP contribution in [-0.2, 0) is 24.1 Å². The molecule has 0 spiro atoms. The number of para-hydroxylation sites is 1. The van der Waals surface area contributed by atoms with Crippen LogP contribution < -0.4 is 10.6 Å². The molecule has 4 heteroatoms. The molecule has 2 aromatic rings. The van der Waals surface area contributed by atoms with Crippen LogP contribution in [0.15, 0.2) is 48.2 Å². The summed E-state index contributed by atoms with van der Waals surface area (Å²) in [4.78, 5) is 12.8. The van der Waals surface area contributed by atoms with Crippen molar-refractivity contribution < 1.29 is 4.79 Å². The average molecular weight is 402 g/mol. The Morgan fingerprint density at radius 3 is 2.63 bits per heavy atom. The number of fused-ring (bicyclic) bond motifs is 1. The molecule has 0 fully saturated rings. The zero-order chi connectivity index (χ0) is 21.5. The van der Waals surface area contributed by atoms with Crippen LogP contribution in [0.5, 0.6) is 0 Å². The van der Waals surface area contributed by atoms with Crippen LogP contribution >= 0.6 is 0 Å². The van der Waals surface area contributed by atoms with Crippen molar-refractivity contribution in [3.63, 3.8) is 0 Å². The number of rotatable bonds is 7. The summed E-state index contributed by atoms with van der Waals surface area (Å²) in [6, 6.07) is 14.6. The molecule has 0 aliphatic heterocycles. The molecule has 1 atom stereocenters. The van der Waals surface area contributed by atoms with Crippen LogP contribution in [0, 0.1) is 18.3 Å². The van der Waals surface area contributed by atoms with Crippen molar-refractivity contribution in [3.8, 4) is 6.07 Å². The van der Waals surface area contributed by atoms with Gasteiger partial charge in [-0.2, -0.15) is 5.26 Å². The lowest BCUT2D eigenvalue weighted by Crippen LogP contribution is -2.29. The van der Waals surface area contributed by atoms with Crippen LogP contribution in [0.25, 0.3) is 0 Å². The Bertz CT molecular complexity index is 984. The molecule has 156 valence electrons. The molecule has 0 aromatic heterocycles. The number of hydrogen-bond donors (Lipinski definition) is 2. The lowest BCUT2D eigenvalue weighted by Gasteiger charge is -2.21. The van der Waals surface area contributed by atoms with Gasteiger partial charge in [-0.05, 0) is 73.3 Å². The van der Waals surface area contributed by atoms with Crippen LogP contribution in [-0.4, -0.2) is 5.91 Å². The Hall–Kier alpha value is -3.06. The lowest BCUT2D eigenvalue weighted by atomic mass is 9.88. The van der Waals surface area contributed by atoms with Crippen molar-refractivity contribution in [2.75, 3.05) is 5.32 Å². The number of nitrogens with one attached hydrogen (secondary N) is 2. The van der Waals surface area contributed by atoms with E-state index in [0.717, 1.165) is 48.1 Å². The van der Waals surface area contributed by atoms with E-state index in [4.69, 9.17) is 0 Å². The molecular weight excluding hydrogens is 370 g/mol. The van der Waals surface area contributed by atoms with E-state index < -0.39 is 0 Å². The summed E-state index contributed by atoms with van der Waals surface area (Å²) < 4.78 is 0. The van der Waals surface area contributed by atoms with Gasteiger partial charge in [0.15, 0.2) is 0 Å². The van der Waals surface area contributed by atoms with Gasteiger partial charge in [-0.3, -0.25) is 4.79 Å². The normalized spacial score (nSPS) is 14.4. The number of benzene rings is 2. The Kier molecular flexibility index (Phi) is 7.30. The van der Waals surface area contributed by atoms with Gasteiger partial charge < -0.3 is 10.6 Å². The molecular formula is C26H31N3O. The van der Waals surface area contributed by atoms with E-state index >= 15 is 0 Å². The molecule has 1 unspecified atom stereocenters. The Balaban J connectivity index is 1.75. The first kappa shape index (κ1) is 21.6. The highest BCUT2D eigenvalue weighted by Crippen LogP contribution is 2.26. The molecule has 0 saturated heterocycles. The highest BCUT2D eigenvalue weighted by atomic mass is 16.1. The van der Waals surface area contributed by atoms with E-state index in [1.165, 1.54) is 30.2 Å². The van der Waals surface area contributed by atoms with Gasteiger partial charge in [-0.1, -0.05) is 50.2 Å². The molecule has 0 saturated carbocycles. The third-order valence-electron chi connectivity index (χ3n) is 5.95. The lowest BCUT2D eigenvalue weighted by molar-refractivity contribution is -0.117. The zero-order valence-electron chi connectivity index (χ0n) is 18.2. The van der Waals surface area contributed by atoms with Gasteiger partial charge in [0.2, 0.25) is 0 Å². The molecule has 0 heterocycles. The van der Waals surface area contributed by atoms with E-state index in [9.17, 15) is 10.1 Å².